The van der Waals surface area contributed by atoms with E-state index >= 15 is 0 Å². The van der Waals surface area contributed by atoms with Crippen LogP contribution in [0.4, 0.5) is 0 Å². The van der Waals surface area contributed by atoms with Gasteiger partial charge in [-0.25, -0.2) is 0 Å². The third-order valence-electron chi connectivity index (χ3n) is 1.62. The topological polar surface area (TPSA) is 44.8 Å². The number of hydrogen-bond donors (Lipinski definition) is 0. The van der Waals surface area contributed by atoms with E-state index in [0.29, 0.717) is 0 Å². The molecule has 1 rings (SSSR count). The van der Waals surface area contributed by atoms with E-state index in [9.17, 15) is 4.79 Å². The van der Waals surface area contributed by atoms with Crippen molar-refractivity contribution in [3.8, 4) is 0 Å². The van der Waals surface area contributed by atoms with Gasteiger partial charge in [0.1, 0.15) is 6.10 Å². The lowest BCUT2D eigenvalue weighted by atomic mass is 9.89. The number of rotatable bonds is 1. The summed E-state index contributed by atoms with van der Waals surface area (Å²) in [5.74, 6) is -0.281. The highest BCUT2D eigenvalue weighted by molar-refractivity contribution is 5.67. The summed E-state index contributed by atoms with van der Waals surface area (Å²) in [6, 6.07) is 0. The second-order valence-corrected chi connectivity index (χ2v) is 4.05. The number of esters is 1. The lowest BCUT2D eigenvalue weighted by molar-refractivity contribution is -0.299. The SMILES string of the molecule is CC(=O)OC1=CC(C(C)(C)C)OO1. The van der Waals surface area contributed by atoms with Gasteiger partial charge in [0.25, 0.3) is 0 Å². The standard InChI is InChI=1S/C9H14O4/c1-6(10)11-8-5-7(12-13-8)9(2,3)4/h5,7H,1-4H3. The maximum absolute atomic E-state index is 10.6. The zero-order valence-electron chi connectivity index (χ0n) is 8.29. The van der Waals surface area contributed by atoms with Crippen molar-refractivity contribution in [1.29, 1.82) is 0 Å². The van der Waals surface area contributed by atoms with Gasteiger partial charge in [-0.05, 0) is 5.41 Å². The van der Waals surface area contributed by atoms with E-state index in [2.05, 4.69) is 0 Å². The summed E-state index contributed by atoms with van der Waals surface area (Å²) in [6.07, 6.45) is 1.48. The minimum Gasteiger partial charge on any atom is -0.391 e. The molecule has 0 saturated carbocycles. The van der Waals surface area contributed by atoms with Crippen LogP contribution in [0.2, 0.25) is 0 Å². The zero-order chi connectivity index (χ0) is 10.1. The molecule has 1 aliphatic rings. The van der Waals surface area contributed by atoms with Crippen LogP contribution in [0.1, 0.15) is 27.7 Å². The number of carbonyl (C=O) groups excluding carboxylic acids is 1. The Morgan fingerprint density at radius 3 is 2.54 bits per heavy atom. The molecule has 13 heavy (non-hydrogen) atoms. The highest BCUT2D eigenvalue weighted by atomic mass is 17.2. The number of carbonyl (C=O) groups is 1. The number of hydrogen-bond acceptors (Lipinski definition) is 4. The van der Waals surface area contributed by atoms with Crippen LogP contribution >= 0.6 is 0 Å². The molecule has 0 fully saturated rings. The maximum atomic E-state index is 10.6. The van der Waals surface area contributed by atoms with Gasteiger partial charge in [0.2, 0.25) is 0 Å². The van der Waals surface area contributed by atoms with Crippen molar-refractivity contribution in [1.82, 2.24) is 0 Å². The van der Waals surface area contributed by atoms with Gasteiger partial charge in [-0.3, -0.25) is 9.68 Å². The Morgan fingerprint density at radius 2 is 2.15 bits per heavy atom. The van der Waals surface area contributed by atoms with Gasteiger partial charge in [0, 0.05) is 13.0 Å². The van der Waals surface area contributed by atoms with Crippen molar-refractivity contribution in [3.05, 3.63) is 12.0 Å². The zero-order valence-corrected chi connectivity index (χ0v) is 8.29. The quantitative estimate of drug-likeness (QED) is 0.462. The Morgan fingerprint density at radius 1 is 1.54 bits per heavy atom. The Hall–Kier alpha value is -1.03. The fourth-order valence-corrected chi connectivity index (χ4v) is 0.865. The second-order valence-electron chi connectivity index (χ2n) is 4.05. The average molecular weight is 186 g/mol. The summed E-state index contributed by atoms with van der Waals surface area (Å²) in [7, 11) is 0. The molecule has 0 spiro atoms. The minimum atomic E-state index is -0.413. The molecule has 1 aliphatic heterocycles. The Bertz CT molecular complexity index is 236. The third-order valence-corrected chi connectivity index (χ3v) is 1.62. The van der Waals surface area contributed by atoms with Crippen molar-refractivity contribution in [2.24, 2.45) is 5.41 Å². The molecule has 0 bridgehead atoms. The monoisotopic (exact) mass is 186 g/mol. The molecular weight excluding hydrogens is 172 g/mol. The first kappa shape index (κ1) is 10.1. The summed E-state index contributed by atoms with van der Waals surface area (Å²) >= 11 is 0. The van der Waals surface area contributed by atoms with Crippen LogP contribution in [-0.2, 0) is 19.3 Å². The van der Waals surface area contributed by atoms with E-state index in [1.54, 1.807) is 6.08 Å². The highest BCUT2D eigenvalue weighted by Gasteiger charge is 2.32. The molecule has 0 aromatic rings. The molecular formula is C9H14O4. The average Bonchev–Trinajstić information content (AvgIpc) is 2.32. The summed E-state index contributed by atoms with van der Waals surface area (Å²) in [5.41, 5.74) is -0.0676. The molecule has 4 heteroatoms. The van der Waals surface area contributed by atoms with Crippen molar-refractivity contribution < 1.29 is 19.3 Å². The molecule has 1 heterocycles. The van der Waals surface area contributed by atoms with Gasteiger partial charge in [0.15, 0.2) is 0 Å². The Balaban J connectivity index is 2.58. The molecule has 0 N–H and O–H groups in total. The first-order valence-electron chi connectivity index (χ1n) is 4.13. The first-order chi connectivity index (χ1) is 5.89. The van der Waals surface area contributed by atoms with Gasteiger partial charge >= 0.3 is 11.9 Å². The lowest BCUT2D eigenvalue weighted by Gasteiger charge is -2.21. The van der Waals surface area contributed by atoms with E-state index in [-0.39, 0.29) is 17.5 Å². The summed E-state index contributed by atoms with van der Waals surface area (Å²) in [4.78, 5) is 20.2. The predicted molar refractivity (Wildman–Crippen MR) is 45.3 cm³/mol. The van der Waals surface area contributed by atoms with E-state index in [0.717, 1.165) is 0 Å². The molecule has 4 nitrogen and oxygen atoms in total. The largest absolute Gasteiger partial charge is 0.391 e. The molecule has 74 valence electrons. The molecule has 1 unspecified atom stereocenters. The third kappa shape index (κ3) is 2.73. The van der Waals surface area contributed by atoms with Crippen molar-refractivity contribution in [3.63, 3.8) is 0 Å². The van der Waals surface area contributed by atoms with Crippen LogP contribution in [0.25, 0.3) is 0 Å². The molecule has 0 aliphatic carbocycles. The van der Waals surface area contributed by atoms with Crippen LogP contribution in [-0.4, -0.2) is 12.1 Å². The van der Waals surface area contributed by atoms with Gasteiger partial charge in [-0.2, -0.15) is 4.89 Å². The fraction of sp³-hybridized carbons (Fsp3) is 0.667. The molecule has 0 aromatic carbocycles. The summed E-state index contributed by atoms with van der Waals surface area (Å²) < 4.78 is 4.71. The Kier molecular flexibility index (Phi) is 2.61. The summed E-state index contributed by atoms with van der Waals surface area (Å²) in [5, 5.41) is 0. The van der Waals surface area contributed by atoms with Crippen LogP contribution in [0.5, 0.6) is 0 Å². The molecule has 0 saturated heterocycles. The molecule has 1 atom stereocenters. The van der Waals surface area contributed by atoms with Crippen LogP contribution in [0.15, 0.2) is 12.0 Å². The Labute approximate surface area is 77.4 Å². The van der Waals surface area contributed by atoms with E-state index in [1.807, 2.05) is 20.8 Å². The first-order valence-corrected chi connectivity index (χ1v) is 4.13. The van der Waals surface area contributed by atoms with Gasteiger partial charge < -0.3 is 4.74 Å². The van der Waals surface area contributed by atoms with Crippen LogP contribution in [0.3, 0.4) is 0 Å². The predicted octanol–water partition coefficient (Wildman–Crippen LogP) is 1.77. The molecule has 0 aromatic heterocycles. The van der Waals surface area contributed by atoms with Crippen molar-refractivity contribution >= 4 is 5.97 Å². The van der Waals surface area contributed by atoms with Gasteiger partial charge in [-0.15, -0.1) is 0 Å². The normalized spacial score (nSPS) is 22.2. The fourth-order valence-electron chi connectivity index (χ4n) is 0.865. The van der Waals surface area contributed by atoms with Crippen molar-refractivity contribution in [2.45, 2.75) is 33.8 Å². The van der Waals surface area contributed by atoms with E-state index in [4.69, 9.17) is 14.5 Å². The number of ether oxygens (including phenoxy) is 1. The molecule has 0 radical (unpaired) electrons. The van der Waals surface area contributed by atoms with Gasteiger partial charge in [0.05, 0.1) is 0 Å². The van der Waals surface area contributed by atoms with E-state index < -0.39 is 5.97 Å². The van der Waals surface area contributed by atoms with E-state index in [1.165, 1.54) is 6.92 Å². The molecule has 0 amide bonds. The van der Waals surface area contributed by atoms with Crippen molar-refractivity contribution in [2.75, 3.05) is 0 Å². The smallest absolute Gasteiger partial charge is 0.323 e. The maximum Gasteiger partial charge on any atom is 0.323 e. The van der Waals surface area contributed by atoms with Gasteiger partial charge in [-0.1, -0.05) is 20.8 Å². The lowest BCUT2D eigenvalue weighted by Crippen LogP contribution is -2.23. The minimum absolute atomic E-state index is 0.0676. The summed E-state index contributed by atoms with van der Waals surface area (Å²) in [6.45, 7) is 7.34. The second kappa shape index (κ2) is 3.38. The van der Waals surface area contributed by atoms with Crippen LogP contribution in [0, 0.1) is 5.41 Å². The van der Waals surface area contributed by atoms with Crippen LogP contribution < -0.4 is 0 Å². The highest BCUT2D eigenvalue weighted by Crippen LogP contribution is 2.29.